The van der Waals surface area contributed by atoms with E-state index in [1.165, 1.54) is 62.5 Å². The van der Waals surface area contributed by atoms with Crippen molar-refractivity contribution in [3.05, 3.63) is 29.3 Å². The smallest absolute Gasteiger partial charge is 0.193 e. The molecule has 0 amide bonds. The third-order valence-corrected chi connectivity index (χ3v) is 6.53. The van der Waals surface area contributed by atoms with Crippen molar-refractivity contribution in [3.63, 3.8) is 0 Å². The van der Waals surface area contributed by atoms with E-state index in [0.717, 1.165) is 45.1 Å². The molecule has 1 aromatic rings. The molecule has 1 aromatic carbocycles. The SMILES string of the molecule is I.NC(=NCC1(CN2CCOCC2)CCCCC1)Nc1ccc2c(c1)CCC2. The van der Waals surface area contributed by atoms with Crippen LogP contribution in [0.4, 0.5) is 5.69 Å². The van der Waals surface area contributed by atoms with Gasteiger partial charge >= 0.3 is 0 Å². The Bertz CT molecular complexity index is 667. The molecule has 0 unspecified atom stereocenters. The summed E-state index contributed by atoms with van der Waals surface area (Å²) in [6, 6.07) is 6.62. The number of benzene rings is 1. The lowest BCUT2D eigenvalue weighted by molar-refractivity contribution is 0.00940. The van der Waals surface area contributed by atoms with Crippen LogP contribution in [0.2, 0.25) is 0 Å². The van der Waals surface area contributed by atoms with Crippen molar-refractivity contribution in [2.45, 2.75) is 51.4 Å². The van der Waals surface area contributed by atoms with E-state index in [0.29, 0.717) is 5.96 Å². The summed E-state index contributed by atoms with van der Waals surface area (Å²) in [6.45, 7) is 5.78. The second kappa shape index (κ2) is 10.3. The zero-order chi connectivity index (χ0) is 18.5. The van der Waals surface area contributed by atoms with Crippen molar-refractivity contribution in [2.75, 3.05) is 44.7 Å². The molecule has 2 fully saturated rings. The van der Waals surface area contributed by atoms with Crippen LogP contribution >= 0.6 is 24.0 Å². The highest BCUT2D eigenvalue weighted by molar-refractivity contribution is 14.0. The lowest BCUT2D eigenvalue weighted by atomic mass is 9.73. The summed E-state index contributed by atoms with van der Waals surface area (Å²) in [7, 11) is 0. The number of ether oxygens (including phenoxy) is 1. The van der Waals surface area contributed by atoms with E-state index in [9.17, 15) is 0 Å². The van der Waals surface area contributed by atoms with Gasteiger partial charge in [0.25, 0.3) is 0 Å². The van der Waals surface area contributed by atoms with Gasteiger partial charge in [-0.3, -0.25) is 9.89 Å². The summed E-state index contributed by atoms with van der Waals surface area (Å²) in [4.78, 5) is 7.36. The molecule has 0 bridgehead atoms. The minimum absolute atomic E-state index is 0. The molecule has 3 N–H and O–H groups in total. The molecule has 0 atom stereocenters. The number of hydrogen-bond acceptors (Lipinski definition) is 3. The summed E-state index contributed by atoms with van der Waals surface area (Å²) in [5.41, 5.74) is 10.6. The maximum atomic E-state index is 6.27. The minimum Gasteiger partial charge on any atom is -0.379 e. The fourth-order valence-corrected chi connectivity index (χ4v) is 4.99. The number of aliphatic imine (C=N–C) groups is 1. The van der Waals surface area contributed by atoms with Crippen molar-refractivity contribution < 1.29 is 4.74 Å². The Morgan fingerprint density at radius 2 is 1.82 bits per heavy atom. The molecule has 5 nitrogen and oxygen atoms in total. The summed E-state index contributed by atoms with van der Waals surface area (Å²) in [6.07, 6.45) is 10.2. The van der Waals surface area contributed by atoms with Gasteiger partial charge in [-0.2, -0.15) is 0 Å². The van der Waals surface area contributed by atoms with Crippen LogP contribution in [0.25, 0.3) is 0 Å². The summed E-state index contributed by atoms with van der Waals surface area (Å²) in [5, 5.41) is 3.33. The first kappa shape index (κ1) is 21.8. The van der Waals surface area contributed by atoms with E-state index in [2.05, 4.69) is 28.4 Å². The van der Waals surface area contributed by atoms with Gasteiger partial charge in [-0.25, -0.2) is 0 Å². The Balaban J connectivity index is 0.00000225. The molecule has 4 rings (SSSR count). The van der Waals surface area contributed by atoms with E-state index < -0.39 is 0 Å². The third kappa shape index (κ3) is 5.60. The highest BCUT2D eigenvalue weighted by Gasteiger charge is 2.34. The molecule has 0 radical (unpaired) electrons. The van der Waals surface area contributed by atoms with Gasteiger partial charge < -0.3 is 15.8 Å². The summed E-state index contributed by atoms with van der Waals surface area (Å²) < 4.78 is 5.52. The molecular formula is C22H35IN4O. The van der Waals surface area contributed by atoms with E-state index >= 15 is 0 Å². The molecule has 0 spiro atoms. The van der Waals surface area contributed by atoms with E-state index in [-0.39, 0.29) is 29.4 Å². The summed E-state index contributed by atoms with van der Waals surface area (Å²) in [5.74, 6) is 0.555. The van der Waals surface area contributed by atoms with Crippen molar-refractivity contribution >= 4 is 35.6 Å². The number of hydrogen-bond donors (Lipinski definition) is 2. The van der Waals surface area contributed by atoms with Gasteiger partial charge in [0.1, 0.15) is 0 Å². The number of guanidine groups is 1. The number of anilines is 1. The second-order valence-electron chi connectivity index (χ2n) is 8.61. The molecular weight excluding hydrogens is 463 g/mol. The largest absolute Gasteiger partial charge is 0.379 e. The molecule has 1 saturated carbocycles. The predicted molar refractivity (Wildman–Crippen MR) is 127 cm³/mol. The third-order valence-electron chi connectivity index (χ3n) is 6.53. The van der Waals surface area contributed by atoms with Gasteiger partial charge in [-0.1, -0.05) is 25.3 Å². The Hall–Kier alpha value is -0.860. The maximum absolute atomic E-state index is 6.27. The standard InChI is InChI=1S/C22H34N4O.HI/c23-21(25-20-8-7-18-5-4-6-19(18)15-20)24-16-22(9-2-1-3-10-22)17-26-11-13-27-14-12-26;/h7-8,15H,1-6,9-14,16-17H2,(H3,23,24,25);1H. The number of aryl methyl sites for hydroxylation is 2. The lowest BCUT2D eigenvalue weighted by Gasteiger charge is -2.41. The van der Waals surface area contributed by atoms with Gasteiger partial charge in [0.15, 0.2) is 5.96 Å². The number of morpholine rings is 1. The second-order valence-corrected chi connectivity index (χ2v) is 8.61. The maximum Gasteiger partial charge on any atom is 0.193 e. The first-order chi connectivity index (χ1) is 13.2. The van der Waals surface area contributed by atoms with Gasteiger partial charge in [0, 0.05) is 37.3 Å². The fraction of sp³-hybridized carbons (Fsp3) is 0.682. The van der Waals surface area contributed by atoms with Crippen LogP contribution < -0.4 is 11.1 Å². The van der Waals surface area contributed by atoms with Crippen LogP contribution in [0.3, 0.4) is 0 Å². The van der Waals surface area contributed by atoms with Gasteiger partial charge in [-0.15, -0.1) is 24.0 Å². The minimum atomic E-state index is 0. The van der Waals surface area contributed by atoms with Gasteiger partial charge in [0.2, 0.25) is 0 Å². The van der Waals surface area contributed by atoms with Crippen LogP contribution in [-0.4, -0.2) is 50.3 Å². The lowest BCUT2D eigenvalue weighted by Crippen LogP contribution is -2.46. The quantitative estimate of drug-likeness (QED) is 0.369. The number of nitrogens with zero attached hydrogens (tertiary/aromatic N) is 2. The fourth-order valence-electron chi connectivity index (χ4n) is 4.99. The zero-order valence-corrected chi connectivity index (χ0v) is 19.3. The normalized spacial score (nSPS) is 22.4. The molecule has 6 heteroatoms. The van der Waals surface area contributed by atoms with E-state index in [4.69, 9.17) is 15.5 Å². The molecule has 1 aliphatic heterocycles. The summed E-state index contributed by atoms with van der Waals surface area (Å²) >= 11 is 0. The van der Waals surface area contributed by atoms with Gasteiger partial charge in [0.05, 0.1) is 13.2 Å². The molecule has 1 heterocycles. The number of nitrogens with two attached hydrogens (primary N) is 1. The molecule has 2 aliphatic carbocycles. The zero-order valence-electron chi connectivity index (χ0n) is 16.9. The Labute approximate surface area is 186 Å². The van der Waals surface area contributed by atoms with Crippen LogP contribution in [0.1, 0.15) is 49.7 Å². The van der Waals surface area contributed by atoms with Crippen LogP contribution in [0.5, 0.6) is 0 Å². The average Bonchev–Trinajstić information content (AvgIpc) is 3.16. The topological polar surface area (TPSA) is 62.9 Å². The molecule has 3 aliphatic rings. The number of rotatable bonds is 5. The van der Waals surface area contributed by atoms with Crippen LogP contribution in [-0.2, 0) is 17.6 Å². The van der Waals surface area contributed by atoms with E-state index in [1.807, 2.05) is 0 Å². The predicted octanol–water partition coefficient (Wildman–Crippen LogP) is 3.80. The molecule has 1 saturated heterocycles. The first-order valence-electron chi connectivity index (χ1n) is 10.7. The Kier molecular flexibility index (Phi) is 8.00. The van der Waals surface area contributed by atoms with E-state index in [1.54, 1.807) is 0 Å². The molecule has 0 aromatic heterocycles. The Morgan fingerprint density at radius 3 is 2.61 bits per heavy atom. The van der Waals surface area contributed by atoms with Crippen molar-refractivity contribution in [3.8, 4) is 0 Å². The first-order valence-corrected chi connectivity index (χ1v) is 10.7. The van der Waals surface area contributed by atoms with Crippen molar-refractivity contribution in [1.29, 1.82) is 0 Å². The molecule has 156 valence electrons. The van der Waals surface area contributed by atoms with Crippen molar-refractivity contribution in [1.82, 2.24) is 4.90 Å². The average molecular weight is 498 g/mol. The highest BCUT2D eigenvalue weighted by Crippen LogP contribution is 2.37. The number of nitrogens with one attached hydrogen (secondary N) is 1. The molecule has 28 heavy (non-hydrogen) atoms. The highest BCUT2D eigenvalue weighted by atomic mass is 127. The Morgan fingerprint density at radius 1 is 1.07 bits per heavy atom. The monoisotopic (exact) mass is 498 g/mol. The van der Waals surface area contributed by atoms with Crippen LogP contribution in [0, 0.1) is 5.41 Å². The van der Waals surface area contributed by atoms with Gasteiger partial charge in [-0.05, 0) is 55.4 Å². The number of halogens is 1. The number of fused-ring (bicyclic) bond motifs is 1. The van der Waals surface area contributed by atoms with Crippen LogP contribution in [0.15, 0.2) is 23.2 Å². The van der Waals surface area contributed by atoms with Crippen molar-refractivity contribution in [2.24, 2.45) is 16.1 Å².